The van der Waals surface area contributed by atoms with Crippen LogP contribution < -0.4 is 5.32 Å². The number of halogens is 2. The second kappa shape index (κ2) is 13.4. The highest BCUT2D eigenvalue weighted by atomic mass is 35.5. The Balaban J connectivity index is 1.35. The Morgan fingerprint density at radius 2 is 1.97 bits per heavy atom. The lowest BCUT2D eigenvalue weighted by molar-refractivity contribution is -0.150. The lowest BCUT2D eigenvalue weighted by Gasteiger charge is -2.49. The number of nitrogens with one attached hydrogen (secondary N) is 1. The molecular weight excluding hydrogens is 628 g/mol. The van der Waals surface area contributed by atoms with Crippen LogP contribution in [-0.2, 0) is 14.4 Å². The summed E-state index contributed by atoms with van der Waals surface area (Å²) in [5.41, 5.74) is 0.856. The summed E-state index contributed by atoms with van der Waals surface area (Å²) in [4.78, 5) is 49.1. The number of hydrogen-bond donors (Lipinski definition) is 2. The first-order chi connectivity index (χ1) is 18.2. The fraction of sp³-hybridized carbons (Fsp3) is 0.348. The molecule has 2 aliphatic heterocycles. The average Bonchev–Trinajstić information content (AvgIpc) is 2.87. The predicted molar refractivity (Wildman–Crippen MR) is 158 cm³/mol. The fourth-order valence-electron chi connectivity index (χ4n) is 3.59. The van der Waals surface area contributed by atoms with Gasteiger partial charge >= 0.3 is 5.97 Å². The van der Waals surface area contributed by atoms with Crippen molar-refractivity contribution >= 4 is 99.8 Å². The van der Waals surface area contributed by atoms with Gasteiger partial charge in [-0.1, -0.05) is 53.6 Å². The van der Waals surface area contributed by atoms with Crippen molar-refractivity contribution in [1.82, 2.24) is 20.2 Å². The zero-order valence-electron chi connectivity index (χ0n) is 20.1. The van der Waals surface area contributed by atoms with Crippen molar-refractivity contribution in [3.8, 4) is 0 Å². The van der Waals surface area contributed by atoms with Crippen molar-refractivity contribution < 1.29 is 19.5 Å². The van der Waals surface area contributed by atoms with Gasteiger partial charge in [0.15, 0.2) is 5.16 Å². The number of benzene rings is 1. The summed E-state index contributed by atoms with van der Waals surface area (Å²) >= 11 is 19.2. The Labute approximate surface area is 251 Å². The number of aromatic nitrogens is 2. The molecule has 1 fully saturated rings. The second-order valence-electron chi connectivity index (χ2n) is 7.87. The van der Waals surface area contributed by atoms with Gasteiger partial charge in [0, 0.05) is 31.4 Å². The molecule has 1 saturated heterocycles. The van der Waals surface area contributed by atoms with E-state index in [2.05, 4.69) is 15.3 Å². The lowest BCUT2D eigenvalue weighted by Crippen LogP contribution is -2.70. The maximum Gasteiger partial charge on any atom is 0.353 e. The number of carboxylic acid groups (broad SMARTS) is 1. The minimum Gasteiger partial charge on any atom is -0.477 e. The van der Waals surface area contributed by atoms with Crippen LogP contribution in [0, 0.1) is 6.92 Å². The SMILES string of the molecule is CCSc1nc(C)cc(SCSC2=C(C(=O)O)N3C(=O)C(NC(=O)CSc4cc(Cl)ccc4Cl)C3SC2)n1. The number of carbonyl (C=O) groups is 3. The first-order valence-corrected chi connectivity index (χ1v) is 16.9. The van der Waals surface area contributed by atoms with Crippen LogP contribution in [0.25, 0.3) is 0 Å². The fourth-order valence-corrected chi connectivity index (χ4v) is 9.33. The van der Waals surface area contributed by atoms with Gasteiger partial charge in [0.25, 0.3) is 5.91 Å². The number of aliphatic carboxylic acids is 1. The van der Waals surface area contributed by atoms with Gasteiger partial charge < -0.3 is 10.4 Å². The maximum absolute atomic E-state index is 12.9. The molecule has 15 heteroatoms. The number of rotatable bonds is 11. The molecule has 2 atom stereocenters. The van der Waals surface area contributed by atoms with E-state index in [4.69, 9.17) is 23.2 Å². The molecule has 1 aromatic heterocycles. The summed E-state index contributed by atoms with van der Waals surface area (Å²) in [6.45, 7) is 3.95. The van der Waals surface area contributed by atoms with Crippen LogP contribution >= 0.6 is 82.0 Å². The van der Waals surface area contributed by atoms with Crippen LogP contribution in [-0.4, -0.2) is 71.5 Å². The van der Waals surface area contributed by atoms with E-state index in [0.29, 0.717) is 30.7 Å². The Morgan fingerprint density at radius 3 is 2.71 bits per heavy atom. The maximum atomic E-state index is 12.9. The number of amides is 2. The van der Waals surface area contributed by atoms with Gasteiger partial charge in [0.2, 0.25) is 5.91 Å². The van der Waals surface area contributed by atoms with Gasteiger partial charge in [-0.05, 0) is 36.9 Å². The third kappa shape index (κ3) is 7.10. The lowest BCUT2D eigenvalue weighted by atomic mass is 10.1. The molecule has 4 rings (SSSR count). The van der Waals surface area contributed by atoms with E-state index in [1.54, 1.807) is 30.0 Å². The highest BCUT2D eigenvalue weighted by molar-refractivity contribution is 8.18. The molecule has 0 aliphatic carbocycles. The number of nitrogens with zero attached hydrogens (tertiary/aromatic N) is 3. The van der Waals surface area contributed by atoms with E-state index >= 15 is 0 Å². The van der Waals surface area contributed by atoms with Crippen LogP contribution in [0.4, 0.5) is 0 Å². The second-order valence-corrected chi connectivity index (χ2v) is 14.5. The van der Waals surface area contributed by atoms with Gasteiger partial charge in [0.05, 0.1) is 10.8 Å². The van der Waals surface area contributed by atoms with Crippen LogP contribution in [0.3, 0.4) is 0 Å². The molecule has 2 amide bonds. The summed E-state index contributed by atoms with van der Waals surface area (Å²) in [6.07, 6.45) is 0. The average molecular weight is 650 g/mol. The van der Waals surface area contributed by atoms with Crippen molar-refractivity contribution in [2.75, 3.05) is 22.3 Å². The van der Waals surface area contributed by atoms with Gasteiger partial charge in [-0.25, -0.2) is 14.8 Å². The van der Waals surface area contributed by atoms with Gasteiger partial charge in [0.1, 0.15) is 22.1 Å². The number of fused-ring (bicyclic) bond motifs is 1. The molecule has 0 saturated carbocycles. The molecule has 8 nitrogen and oxygen atoms in total. The highest BCUT2D eigenvalue weighted by Gasteiger charge is 2.54. The van der Waals surface area contributed by atoms with E-state index in [0.717, 1.165) is 21.6 Å². The van der Waals surface area contributed by atoms with Crippen molar-refractivity contribution in [3.63, 3.8) is 0 Å². The molecule has 38 heavy (non-hydrogen) atoms. The number of carboxylic acids is 1. The molecule has 2 aromatic rings. The topological polar surface area (TPSA) is 112 Å². The van der Waals surface area contributed by atoms with Crippen molar-refractivity contribution in [2.45, 2.75) is 40.3 Å². The molecule has 2 N–H and O–H groups in total. The standard InChI is InChI=1S/C23H22Cl2N4O4S5/c1-3-34-23-26-11(2)6-17(28-23)38-10-37-15-8-36-21-18(20(31)29(21)19(15)22(32)33)27-16(30)9-35-14-7-12(24)4-5-13(14)25/h4-7,18,21H,3,8-10H2,1-2H3,(H,27,30)(H,32,33). The number of thioether (sulfide) groups is 5. The highest BCUT2D eigenvalue weighted by Crippen LogP contribution is 2.44. The molecule has 0 spiro atoms. The van der Waals surface area contributed by atoms with Gasteiger partial charge in [-0.15, -0.1) is 35.3 Å². The number of β-lactam (4-membered cyclic amide) rings is 1. The molecule has 2 aliphatic rings. The first-order valence-electron chi connectivity index (χ1n) is 11.2. The molecule has 0 bridgehead atoms. The Morgan fingerprint density at radius 1 is 1.18 bits per heavy atom. The predicted octanol–water partition coefficient (Wildman–Crippen LogP) is 5.48. The van der Waals surface area contributed by atoms with Crippen LogP contribution in [0.2, 0.25) is 10.0 Å². The quantitative estimate of drug-likeness (QED) is 0.106. The number of hydrogen-bond acceptors (Lipinski definition) is 10. The van der Waals surface area contributed by atoms with Crippen molar-refractivity contribution in [1.29, 1.82) is 0 Å². The summed E-state index contributed by atoms with van der Waals surface area (Å²) in [5.74, 6) is -0.593. The van der Waals surface area contributed by atoms with E-state index < -0.39 is 23.3 Å². The van der Waals surface area contributed by atoms with Crippen LogP contribution in [0.5, 0.6) is 0 Å². The van der Waals surface area contributed by atoms with Gasteiger partial charge in [-0.3, -0.25) is 14.5 Å². The van der Waals surface area contributed by atoms with Crippen molar-refractivity contribution in [3.05, 3.63) is 50.6 Å². The van der Waals surface area contributed by atoms with E-state index in [1.807, 2.05) is 19.9 Å². The zero-order valence-corrected chi connectivity index (χ0v) is 25.7. The van der Waals surface area contributed by atoms with Gasteiger partial charge in [-0.2, -0.15) is 0 Å². The molecule has 2 unspecified atom stereocenters. The summed E-state index contributed by atoms with van der Waals surface area (Å²) in [5, 5.41) is 15.2. The Kier molecular flexibility index (Phi) is 10.5. The van der Waals surface area contributed by atoms with Crippen LogP contribution in [0.15, 0.2) is 49.9 Å². The Bertz CT molecular complexity index is 1300. The number of aryl methyl sites for hydroxylation is 1. The molecule has 3 heterocycles. The third-order valence-electron chi connectivity index (χ3n) is 5.23. The minimum absolute atomic E-state index is 0.0176. The van der Waals surface area contributed by atoms with E-state index in [9.17, 15) is 19.5 Å². The first kappa shape index (κ1) is 29.8. The summed E-state index contributed by atoms with van der Waals surface area (Å²) in [6, 6.07) is 6.10. The largest absolute Gasteiger partial charge is 0.477 e. The smallest absolute Gasteiger partial charge is 0.353 e. The van der Waals surface area contributed by atoms with E-state index in [-0.39, 0.29) is 17.4 Å². The monoisotopic (exact) mass is 648 g/mol. The molecule has 1 aromatic carbocycles. The molecular formula is C23H22Cl2N4O4S5. The normalized spacial score (nSPS) is 18.7. The minimum atomic E-state index is -1.16. The molecule has 202 valence electrons. The van der Waals surface area contributed by atoms with Crippen LogP contribution in [0.1, 0.15) is 12.6 Å². The summed E-state index contributed by atoms with van der Waals surface area (Å²) < 4.78 is 0. The molecule has 0 radical (unpaired) electrons. The Hall–Kier alpha value is -1.22. The zero-order chi connectivity index (χ0) is 27.4. The third-order valence-corrected chi connectivity index (χ3v) is 11.3. The number of carbonyl (C=O) groups excluding carboxylic acids is 2. The van der Waals surface area contributed by atoms with E-state index in [1.165, 1.54) is 51.9 Å². The van der Waals surface area contributed by atoms with Crippen molar-refractivity contribution in [2.24, 2.45) is 0 Å². The summed E-state index contributed by atoms with van der Waals surface area (Å²) in [7, 11) is 0.